The Hall–Kier alpha value is -3.45. The number of rotatable bonds is 7. The molecule has 0 unspecified atom stereocenters. The maximum Gasteiger partial charge on any atom is 0.341 e. The van der Waals surface area contributed by atoms with E-state index in [1.165, 1.54) is 24.4 Å². The van der Waals surface area contributed by atoms with Gasteiger partial charge in [0.2, 0.25) is 0 Å². The molecule has 7 heteroatoms. The van der Waals surface area contributed by atoms with Crippen molar-refractivity contribution < 1.29 is 23.8 Å². The molecule has 0 spiro atoms. The van der Waals surface area contributed by atoms with Gasteiger partial charge in [-0.25, -0.2) is 9.18 Å². The number of aromatic carboxylic acids is 1. The van der Waals surface area contributed by atoms with Crippen LogP contribution >= 0.6 is 0 Å². The second-order valence-corrected chi connectivity index (χ2v) is 9.95. The molecule has 4 rings (SSSR count). The van der Waals surface area contributed by atoms with Crippen LogP contribution in [0.1, 0.15) is 49.2 Å². The Labute approximate surface area is 203 Å². The van der Waals surface area contributed by atoms with Gasteiger partial charge in [-0.3, -0.25) is 4.79 Å². The summed E-state index contributed by atoms with van der Waals surface area (Å²) in [4.78, 5) is 24.4. The third-order valence-corrected chi connectivity index (χ3v) is 6.43. The molecular weight excluding hydrogens is 449 g/mol. The summed E-state index contributed by atoms with van der Waals surface area (Å²) in [6.45, 7) is 7.28. The van der Waals surface area contributed by atoms with Crippen LogP contribution in [0.5, 0.6) is 5.75 Å². The molecule has 1 aliphatic rings. The third kappa shape index (κ3) is 5.00. The number of hydrogen-bond acceptors (Lipinski definition) is 4. The highest BCUT2D eigenvalue weighted by Gasteiger charge is 2.34. The van der Waals surface area contributed by atoms with Gasteiger partial charge < -0.3 is 19.1 Å². The molecule has 0 bridgehead atoms. The fourth-order valence-electron chi connectivity index (χ4n) is 4.63. The second kappa shape index (κ2) is 9.66. The van der Waals surface area contributed by atoms with Crippen molar-refractivity contribution in [1.29, 1.82) is 0 Å². The van der Waals surface area contributed by atoms with E-state index in [1.54, 1.807) is 13.2 Å². The highest BCUT2D eigenvalue weighted by Crippen LogP contribution is 2.46. The number of nitrogens with zero attached hydrogens (tertiary/aromatic N) is 1. The Bertz CT molecular complexity index is 1320. The molecule has 1 aliphatic heterocycles. The van der Waals surface area contributed by atoms with Crippen molar-refractivity contribution in [2.45, 2.75) is 39.7 Å². The van der Waals surface area contributed by atoms with Gasteiger partial charge in [0, 0.05) is 49.6 Å². The quantitative estimate of drug-likeness (QED) is 0.448. The molecule has 0 radical (unpaired) electrons. The number of halogens is 1. The molecule has 1 aromatic heterocycles. The number of ether oxygens (including phenoxy) is 2. The number of carboxylic acid groups (broad SMARTS) is 1. The second-order valence-electron chi connectivity index (χ2n) is 9.95. The molecule has 3 aromatic rings. The molecular formula is C28H30FNO5. The van der Waals surface area contributed by atoms with Crippen molar-refractivity contribution in [1.82, 2.24) is 4.57 Å². The van der Waals surface area contributed by atoms with E-state index in [2.05, 4.69) is 20.8 Å². The lowest BCUT2D eigenvalue weighted by molar-refractivity contribution is 0.0693. The van der Waals surface area contributed by atoms with E-state index in [9.17, 15) is 19.1 Å². The first-order valence-electron chi connectivity index (χ1n) is 11.6. The van der Waals surface area contributed by atoms with Crippen LogP contribution in [0.15, 0.2) is 53.5 Å². The van der Waals surface area contributed by atoms with Crippen molar-refractivity contribution in [2.24, 2.45) is 5.41 Å². The number of carboxylic acids is 1. The lowest BCUT2D eigenvalue weighted by atomic mass is 9.78. The fourth-order valence-corrected chi connectivity index (χ4v) is 4.63. The molecule has 0 fully saturated rings. The van der Waals surface area contributed by atoms with Crippen molar-refractivity contribution in [3.8, 4) is 28.1 Å². The van der Waals surface area contributed by atoms with E-state index in [0.29, 0.717) is 48.6 Å². The summed E-state index contributed by atoms with van der Waals surface area (Å²) in [5.74, 6) is -0.971. The van der Waals surface area contributed by atoms with Crippen molar-refractivity contribution in [2.75, 3.05) is 20.3 Å². The highest BCUT2D eigenvalue weighted by molar-refractivity contribution is 5.88. The van der Waals surface area contributed by atoms with Gasteiger partial charge in [-0.1, -0.05) is 32.9 Å². The smallest absolute Gasteiger partial charge is 0.341 e. The van der Waals surface area contributed by atoms with Gasteiger partial charge in [0.05, 0.1) is 12.3 Å². The van der Waals surface area contributed by atoms with Crippen LogP contribution in [-0.2, 0) is 11.2 Å². The third-order valence-electron chi connectivity index (χ3n) is 6.43. The summed E-state index contributed by atoms with van der Waals surface area (Å²) >= 11 is 0. The largest absolute Gasteiger partial charge is 0.493 e. The number of aromatic nitrogens is 1. The molecule has 2 heterocycles. The first-order valence-corrected chi connectivity index (χ1v) is 11.6. The average Bonchev–Trinajstić information content (AvgIpc) is 2.79. The summed E-state index contributed by atoms with van der Waals surface area (Å²) in [6.07, 6.45) is 2.79. The first-order chi connectivity index (χ1) is 16.6. The minimum Gasteiger partial charge on any atom is -0.493 e. The van der Waals surface area contributed by atoms with Crippen LogP contribution in [0, 0.1) is 11.2 Å². The summed E-state index contributed by atoms with van der Waals surface area (Å²) in [5, 5.41) is 9.55. The molecule has 0 saturated heterocycles. The SMILES string of the molecule is COCCCOc1cc2c(cc1-c1cccc(F)c1)-c1cc(=O)c(C(=O)O)cn1[C@H](C(C)(C)C)C2. The lowest BCUT2D eigenvalue weighted by Gasteiger charge is -2.39. The van der Waals surface area contributed by atoms with E-state index in [4.69, 9.17) is 9.47 Å². The lowest BCUT2D eigenvalue weighted by Crippen LogP contribution is -2.32. The minimum atomic E-state index is -1.25. The minimum absolute atomic E-state index is 0.0786. The zero-order valence-corrected chi connectivity index (χ0v) is 20.4. The molecule has 0 amide bonds. The summed E-state index contributed by atoms with van der Waals surface area (Å²) in [6, 6.07) is 11.5. The zero-order chi connectivity index (χ0) is 25.3. The van der Waals surface area contributed by atoms with Crippen molar-refractivity contribution >= 4 is 5.97 Å². The van der Waals surface area contributed by atoms with E-state index in [0.717, 1.165) is 11.1 Å². The van der Waals surface area contributed by atoms with E-state index >= 15 is 0 Å². The monoisotopic (exact) mass is 479 g/mol. The van der Waals surface area contributed by atoms with Crippen LogP contribution in [0.2, 0.25) is 0 Å². The summed E-state index contributed by atoms with van der Waals surface area (Å²) < 4.78 is 27.3. The molecule has 0 aliphatic carbocycles. The molecule has 35 heavy (non-hydrogen) atoms. The Morgan fingerprint density at radius 3 is 2.57 bits per heavy atom. The maximum absolute atomic E-state index is 14.1. The number of fused-ring (bicyclic) bond motifs is 3. The molecule has 6 nitrogen and oxygen atoms in total. The normalized spacial score (nSPS) is 14.8. The van der Waals surface area contributed by atoms with Crippen LogP contribution < -0.4 is 10.2 Å². The number of methoxy groups -OCH3 is 1. The predicted octanol–water partition coefficient (Wildman–Crippen LogP) is 5.58. The van der Waals surface area contributed by atoms with E-state index in [-0.39, 0.29) is 22.8 Å². The fraction of sp³-hybridized carbons (Fsp3) is 0.357. The zero-order valence-electron chi connectivity index (χ0n) is 20.4. The molecule has 184 valence electrons. The Morgan fingerprint density at radius 1 is 1.14 bits per heavy atom. The van der Waals surface area contributed by atoms with Crippen LogP contribution in [0.4, 0.5) is 4.39 Å². The van der Waals surface area contributed by atoms with Crippen LogP contribution in [-0.4, -0.2) is 36.0 Å². The van der Waals surface area contributed by atoms with Gasteiger partial charge in [-0.2, -0.15) is 0 Å². The Balaban J connectivity index is 1.93. The van der Waals surface area contributed by atoms with Gasteiger partial charge in [0.15, 0.2) is 5.43 Å². The average molecular weight is 480 g/mol. The summed E-state index contributed by atoms with van der Waals surface area (Å²) in [5.41, 5.74) is 2.80. The van der Waals surface area contributed by atoms with Crippen molar-refractivity contribution in [3.05, 3.63) is 75.8 Å². The van der Waals surface area contributed by atoms with Crippen LogP contribution in [0.3, 0.4) is 0 Å². The number of carbonyl (C=O) groups is 1. The van der Waals surface area contributed by atoms with Gasteiger partial charge in [-0.15, -0.1) is 0 Å². The number of benzene rings is 2. The topological polar surface area (TPSA) is 77.8 Å². The van der Waals surface area contributed by atoms with Gasteiger partial charge in [0.25, 0.3) is 0 Å². The van der Waals surface area contributed by atoms with Gasteiger partial charge >= 0.3 is 5.97 Å². The predicted molar refractivity (Wildman–Crippen MR) is 133 cm³/mol. The van der Waals surface area contributed by atoms with E-state index < -0.39 is 11.4 Å². The van der Waals surface area contributed by atoms with Gasteiger partial charge in [0.1, 0.15) is 17.1 Å². The Morgan fingerprint density at radius 2 is 1.91 bits per heavy atom. The molecule has 1 N–H and O–H groups in total. The molecule has 2 aromatic carbocycles. The Kier molecular flexibility index (Phi) is 6.81. The number of hydrogen-bond donors (Lipinski definition) is 1. The highest BCUT2D eigenvalue weighted by atomic mass is 19.1. The van der Waals surface area contributed by atoms with Crippen LogP contribution in [0.25, 0.3) is 22.4 Å². The summed E-state index contributed by atoms with van der Waals surface area (Å²) in [7, 11) is 1.64. The standard InChI is InChI=1S/C28H30FNO5/c1-28(2,3)26-13-18-12-25(35-10-6-9-34-4)21(17-7-5-8-19(29)11-17)14-20(18)23-15-24(31)22(27(32)33)16-30(23)26/h5,7-8,11-12,14-16,26H,6,9-10,13H2,1-4H3,(H,32,33)/t26-/m0/s1. The van der Waals surface area contributed by atoms with Crippen molar-refractivity contribution in [3.63, 3.8) is 0 Å². The van der Waals surface area contributed by atoms with E-state index in [1.807, 2.05) is 22.8 Å². The molecule has 0 saturated carbocycles. The van der Waals surface area contributed by atoms with Gasteiger partial charge in [-0.05, 0) is 47.2 Å². The molecule has 1 atom stereocenters. The first kappa shape index (κ1) is 24.7. The maximum atomic E-state index is 14.1. The number of pyridine rings is 1.